The largest absolute Gasteiger partial charge is 0.466 e. The summed E-state index contributed by atoms with van der Waals surface area (Å²) in [4.78, 5) is 15.0. The second-order valence-electron chi connectivity index (χ2n) is 2.33. The van der Waals surface area contributed by atoms with Gasteiger partial charge in [-0.1, -0.05) is 5.92 Å². The van der Waals surface area contributed by atoms with Gasteiger partial charge in [-0.05, 0) is 6.08 Å². The van der Waals surface area contributed by atoms with Gasteiger partial charge >= 0.3 is 5.97 Å². The predicted octanol–water partition coefficient (Wildman–Crippen LogP) is 0.562. The van der Waals surface area contributed by atoms with E-state index < -0.39 is 0 Å². The third kappa shape index (κ3) is 1.73. The summed E-state index contributed by atoms with van der Waals surface area (Å²) < 4.78 is 4.55. The first-order valence-corrected chi connectivity index (χ1v) is 3.54. The number of rotatable bonds is 1. The van der Waals surface area contributed by atoms with Crippen molar-refractivity contribution in [1.82, 2.24) is 0 Å². The van der Waals surface area contributed by atoms with E-state index in [9.17, 15) is 4.79 Å². The molecule has 0 saturated heterocycles. The van der Waals surface area contributed by atoms with Gasteiger partial charge in [0.1, 0.15) is 6.04 Å². The van der Waals surface area contributed by atoms with Gasteiger partial charge in [0.15, 0.2) is 0 Å². The van der Waals surface area contributed by atoms with Crippen molar-refractivity contribution in [2.24, 2.45) is 4.99 Å². The average Bonchev–Trinajstić information content (AvgIpc) is 2.17. The summed E-state index contributed by atoms with van der Waals surface area (Å²) in [5.41, 5.74) is 0.579. The zero-order valence-electron chi connectivity index (χ0n) is 6.78. The highest BCUT2D eigenvalue weighted by molar-refractivity contribution is 5.93. The Morgan fingerprint density at radius 2 is 2.67 bits per heavy atom. The zero-order chi connectivity index (χ0) is 8.97. The van der Waals surface area contributed by atoms with E-state index in [1.165, 1.54) is 7.11 Å². The number of carbonyl (C=O) groups is 1. The van der Waals surface area contributed by atoms with Gasteiger partial charge in [0.2, 0.25) is 0 Å². The van der Waals surface area contributed by atoms with E-state index in [4.69, 9.17) is 6.42 Å². The molecule has 0 aliphatic carbocycles. The Kier molecular flexibility index (Phi) is 2.65. The molecule has 12 heavy (non-hydrogen) atoms. The van der Waals surface area contributed by atoms with Crippen LogP contribution in [-0.2, 0) is 9.53 Å². The van der Waals surface area contributed by atoms with E-state index in [1.54, 1.807) is 12.3 Å². The fraction of sp³-hybridized carbons (Fsp3) is 0.333. The van der Waals surface area contributed by atoms with Crippen molar-refractivity contribution in [3.05, 3.63) is 11.6 Å². The Morgan fingerprint density at radius 1 is 1.92 bits per heavy atom. The molecule has 0 bridgehead atoms. The number of esters is 1. The number of nitrogens with zero attached hydrogens (tertiary/aromatic N) is 1. The molecule has 1 atom stereocenters. The first-order chi connectivity index (χ1) is 5.77. The van der Waals surface area contributed by atoms with Crippen LogP contribution < -0.4 is 0 Å². The lowest BCUT2D eigenvalue weighted by Crippen LogP contribution is -2.12. The molecule has 0 aromatic heterocycles. The lowest BCUT2D eigenvalue weighted by Gasteiger charge is -2.08. The molecule has 0 amide bonds. The first kappa shape index (κ1) is 8.54. The molecule has 0 aromatic carbocycles. The molecule has 3 heteroatoms. The number of ether oxygens (including phenoxy) is 1. The molecule has 1 aliphatic rings. The van der Waals surface area contributed by atoms with Crippen molar-refractivity contribution in [2.75, 3.05) is 7.11 Å². The number of dihydropyridines is 1. The molecular formula is C9H9NO2. The van der Waals surface area contributed by atoms with E-state index in [2.05, 4.69) is 15.6 Å². The highest BCUT2D eigenvalue weighted by atomic mass is 16.5. The zero-order valence-corrected chi connectivity index (χ0v) is 6.78. The van der Waals surface area contributed by atoms with Gasteiger partial charge in [-0.15, -0.1) is 6.42 Å². The highest BCUT2D eigenvalue weighted by Gasteiger charge is 2.13. The molecule has 0 N–H and O–H groups in total. The van der Waals surface area contributed by atoms with Gasteiger partial charge in [0.25, 0.3) is 0 Å². The van der Waals surface area contributed by atoms with Crippen LogP contribution in [0.1, 0.15) is 6.42 Å². The molecule has 3 nitrogen and oxygen atoms in total. The predicted molar refractivity (Wildman–Crippen MR) is 45.8 cm³/mol. The van der Waals surface area contributed by atoms with Gasteiger partial charge in [-0.2, -0.15) is 0 Å². The van der Waals surface area contributed by atoms with Crippen molar-refractivity contribution in [3.63, 3.8) is 0 Å². The summed E-state index contributed by atoms with van der Waals surface area (Å²) in [7, 11) is 1.35. The van der Waals surface area contributed by atoms with Gasteiger partial charge < -0.3 is 4.74 Å². The summed E-state index contributed by atoms with van der Waals surface area (Å²) >= 11 is 0. The third-order valence-electron chi connectivity index (χ3n) is 1.55. The molecule has 1 rings (SSSR count). The highest BCUT2D eigenvalue weighted by Crippen LogP contribution is 2.10. The summed E-state index contributed by atoms with van der Waals surface area (Å²) in [5, 5.41) is 0. The van der Waals surface area contributed by atoms with Crippen molar-refractivity contribution < 1.29 is 9.53 Å². The first-order valence-electron chi connectivity index (χ1n) is 3.54. The molecule has 0 saturated carbocycles. The van der Waals surface area contributed by atoms with Crippen molar-refractivity contribution in [2.45, 2.75) is 12.5 Å². The van der Waals surface area contributed by atoms with Crippen LogP contribution in [0.5, 0.6) is 0 Å². The Labute approximate surface area is 71.1 Å². The van der Waals surface area contributed by atoms with Crippen LogP contribution in [0.2, 0.25) is 0 Å². The van der Waals surface area contributed by atoms with E-state index in [1.807, 2.05) is 0 Å². The number of methoxy groups -OCH3 is 1. The minimum Gasteiger partial charge on any atom is -0.466 e. The lowest BCUT2D eigenvalue weighted by molar-refractivity contribution is -0.136. The summed E-state index contributed by atoms with van der Waals surface area (Å²) in [6, 6.07) is -0.312. The standard InChI is InChI=1S/C9H9NO2/c1-3-8-6-7(4-5-10-8)9(11)12-2/h1,5-6,8H,4H2,2H3. The fourth-order valence-electron chi connectivity index (χ4n) is 0.940. The molecule has 0 fully saturated rings. The molecule has 0 spiro atoms. The third-order valence-corrected chi connectivity index (χ3v) is 1.55. The monoisotopic (exact) mass is 163 g/mol. The van der Waals surface area contributed by atoms with Crippen LogP contribution in [0.25, 0.3) is 0 Å². The molecule has 62 valence electrons. The fourth-order valence-corrected chi connectivity index (χ4v) is 0.940. The SMILES string of the molecule is C#CC1C=C(C(=O)OC)CC=N1. The smallest absolute Gasteiger partial charge is 0.333 e. The number of terminal acetylenes is 1. The Bertz CT molecular complexity index is 283. The van der Waals surface area contributed by atoms with Crippen LogP contribution in [0.4, 0.5) is 0 Å². The van der Waals surface area contributed by atoms with Crippen LogP contribution in [0.3, 0.4) is 0 Å². The summed E-state index contributed by atoms with van der Waals surface area (Å²) in [5.74, 6) is 2.10. The molecule has 1 unspecified atom stereocenters. The van der Waals surface area contributed by atoms with E-state index in [-0.39, 0.29) is 12.0 Å². The minimum absolute atomic E-state index is 0.312. The Balaban J connectivity index is 2.75. The molecule has 1 heterocycles. The van der Waals surface area contributed by atoms with Crippen LogP contribution >= 0.6 is 0 Å². The molecule has 1 aliphatic heterocycles. The maximum absolute atomic E-state index is 11.0. The lowest BCUT2D eigenvalue weighted by atomic mass is 10.1. The normalized spacial score (nSPS) is 21.0. The van der Waals surface area contributed by atoms with Crippen LogP contribution in [0, 0.1) is 12.3 Å². The van der Waals surface area contributed by atoms with E-state index in [0.29, 0.717) is 12.0 Å². The summed E-state index contributed by atoms with van der Waals surface area (Å²) in [6.07, 6.45) is 8.93. The van der Waals surface area contributed by atoms with Gasteiger partial charge in [0.05, 0.1) is 7.11 Å². The maximum Gasteiger partial charge on any atom is 0.333 e. The number of aliphatic imine (C=N–C) groups is 1. The van der Waals surface area contributed by atoms with E-state index in [0.717, 1.165) is 0 Å². The van der Waals surface area contributed by atoms with E-state index >= 15 is 0 Å². The number of carbonyl (C=O) groups excluding carboxylic acids is 1. The van der Waals surface area contributed by atoms with Gasteiger partial charge in [-0.25, -0.2) is 4.79 Å². The number of hydrogen-bond acceptors (Lipinski definition) is 3. The average molecular weight is 163 g/mol. The number of hydrogen-bond donors (Lipinski definition) is 0. The molecule has 0 radical (unpaired) electrons. The second-order valence-corrected chi connectivity index (χ2v) is 2.33. The van der Waals surface area contributed by atoms with Crippen molar-refractivity contribution in [3.8, 4) is 12.3 Å². The topological polar surface area (TPSA) is 38.7 Å². The van der Waals surface area contributed by atoms with Crippen LogP contribution in [-0.4, -0.2) is 25.3 Å². The second kappa shape index (κ2) is 3.72. The van der Waals surface area contributed by atoms with Crippen molar-refractivity contribution >= 4 is 12.2 Å². The van der Waals surface area contributed by atoms with Gasteiger partial charge in [-0.3, -0.25) is 4.99 Å². The van der Waals surface area contributed by atoms with Gasteiger partial charge in [0, 0.05) is 18.2 Å². The Morgan fingerprint density at radius 3 is 3.25 bits per heavy atom. The van der Waals surface area contributed by atoms with Crippen LogP contribution in [0.15, 0.2) is 16.6 Å². The quantitative estimate of drug-likeness (QED) is 0.418. The summed E-state index contributed by atoms with van der Waals surface area (Å²) in [6.45, 7) is 0. The van der Waals surface area contributed by atoms with Crippen molar-refractivity contribution in [1.29, 1.82) is 0 Å². The Hall–Kier alpha value is -1.56. The molecular weight excluding hydrogens is 154 g/mol. The maximum atomic E-state index is 11.0. The minimum atomic E-state index is -0.332. The molecule has 0 aromatic rings.